The Labute approximate surface area is 173 Å². The van der Waals surface area contributed by atoms with Crippen molar-refractivity contribution >= 4 is 18.0 Å². The molecule has 3 rings (SSSR count). The minimum atomic E-state index is -0.513. The van der Waals surface area contributed by atoms with Crippen LogP contribution in [0.25, 0.3) is 0 Å². The van der Waals surface area contributed by atoms with Crippen molar-refractivity contribution in [3.8, 4) is 0 Å². The summed E-state index contributed by atoms with van der Waals surface area (Å²) < 4.78 is 0. The zero-order valence-electron chi connectivity index (χ0n) is 17.3. The minimum Gasteiger partial charge on any atom is -0.304 e. The quantitative estimate of drug-likeness (QED) is 0.372. The summed E-state index contributed by atoms with van der Waals surface area (Å²) in [6, 6.07) is 17.0. The van der Waals surface area contributed by atoms with Crippen molar-refractivity contribution in [3.05, 3.63) is 71.3 Å². The van der Waals surface area contributed by atoms with E-state index in [0.29, 0.717) is 12.1 Å². The Kier molecular flexibility index (Phi) is 7.30. The zero-order chi connectivity index (χ0) is 20.6. The highest BCUT2D eigenvalue weighted by Gasteiger charge is 2.37. The summed E-state index contributed by atoms with van der Waals surface area (Å²) in [5, 5.41) is 0. The molecule has 2 aromatic rings. The fourth-order valence-electron chi connectivity index (χ4n) is 3.67. The van der Waals surface area contributed by atoms with E-state index in [1.165, 1.54) is 4.90 Å². The molecule has 0 saturated heterocycles. The van der Waals surface area contributed by atoms with E-state index in [1.54, 1.807) is 12.3 Å². The SMILES string of the molecule is CCN(CC)CCCN=CC1C(=O)N(Cc2ccccc2)C(=O)c2ccccc21. The van der Waals surface area contributed by atoms with Crippen molar-refractivity contribution in [2.24, 2.45) is 4.99 Å². The number of fused-ring (bicyclic) bond motifs is 1. The molecule has 5 nitrogen and oxygen atoms in total. The molecule has 2 aromatic carbocycles. The minimum absolute atomic E-state index is 0.204. The molecular formula is C24H29N3O2. The monoisotopic (exact) mass is 391 g/mol. The van der Waals surface area contributed by atoms with E-state index >= 15 is 0 Å². The number of hydrogen-bond acceptors (Lipinski definition) is 4. The molecule has 0 bridgehead atoms. The van der Waals surface area contributed by atoms with Gasteiger partial charge in [0.15, 0.2) is 0 Å². The standard InChI is InChI=1S/C24H29N3O2/c1-3-26(4-2)16-10-15-25-17-22-20-13-8-9-14-21(20)23(28)27(24(22)29)18-19-11-6-5-7-12-19/h5-9,11-14,17,22H,3-4,10,15-16,18H2,1-2H3. The van der Waals surface area contributed by atoms with Gasteiger partial charge < -0.3 is 4.90 Å². The van der Waals surface area contributed by atoms with Crippen LogP contribution < -0.4 is 0 Å². The highest BCUT2D eigenvalue weighted by Crippen LogP contribution is 2.29. The molecule has 0 aromatic heterocycles. The summed E-state index contributed by atoms with van der Waals surface area (Å²) >= 11 is 0. The van der Waals surface area contributed by atoms with Crippen LogP contribution in [0, 0.1) is 0 Å². The van der Waals surface area contributed by atoms with Crippen LogP contribution in [0.4, 0.5) is 0 Å². The Morgan fingerprint density at radius 2 is 1.69 bits per heavy atom. The van der Waals surface area contributed by atoms with E-state index in [1.807, 2.05) is 48.5 Å². The van der Waals surface area contributed by atoms with Crippen LogP contribution in [0.5, 0.6) is 0 Å². The van der Waals surface area contributed by atoms with Crippen LogP contribution in [0.2, 0.25) is 0 Å². The van der Waals surface area contributed by atoms with Crippen LogP contribution in [-0.2, 0) is 11.3 Å². The Morgan fingerprint density at radius 1 is 1.00 bits per heavy atom. The second kappa shape index (κ2) is 10.1. The van der Waals surface area contributed by atoms with Crippen molar-refractivity contribution in [1.29, 1.82) is 0 Å². The maximum absolute atomic E-state index is 13.2. The summed E-state index contributed by atoms with van der Waals surface area (Å²) in [7, 11) is 0. The molecule has 1 atom stereocenters. The predicted octanol–water partition coefficient (Wildman–Crippen LogP) is 3.76. The van der Waals surface area contributed by atoms with E-state index in [9.17, 15) is 9.59 Å². The van der Waals surface area contributed by atoms with Crippen molar-refractivity contribution in [3.63, 3.8) is 0 Å². The van der Waals surface area contributed by atoms with Gasteiger partial charge in [-0.3, -0.25) is 19.5 Å². The lowest BCUT2D eigenvalue weighted by molar-refractivity contribution is -0.129. The third-order valence-electron chi connectivity index (χ3n) is 5.40. The molecule has 0 saturated carbocycles. The number of aliphatic imine (C=N–C) groups is 1. The molecule has 29 heavy (non-hydrogen) atoms. The summed E-state index contributed by atoms with van der Waals surface area (Å²) in [5.74, 6) is -0.952. The molecule has 5 heteroatoms. The van der Waals surface area contributed by atoms with Crippen molar-refractivity contribution in [2.45, 2.75) is 32.7 Å². The van der Waals surface area contributed by atoms with Gasteiger partial charge in [-0.25, -0.2) is 0 Å². The lowest BCUT2D eigenvalue weighted by Gasteiger charge is -2.31. The first-order chi connectivity index (χ1) is 14.2. The average molecular weight is 392 g/mol. The predicted molar refractivity (Wildman–Crippen MR) is 116 cm³/mol. The van der Waals surface area contributed by atoms with Crippen LogP contribution >= 0.6 is 0 Å². The van der Waals surface area contributed by atoms with Gasteiger partial charge in [0, 0.05) is 18.3 Å². The lowest BCUT2D eigenvalue weighted by atomic mass is 9.89. The molecular weight excluding hydrogens is 362 g/mol. The molecule has 1 heterocycles. The smallest absolute Gasteiger partial charge is 0.261 e. The van der Waals surface area contributed by atoms with Gasteiger partial charge in [-0.05, 0) is 43.2 Å². The molecule has 1 aliphatic heterocycles. The average Bonchev–Trinajstić information content (AvgIpc) is 2.76. The van der Waals surface area contributed by atoms with Gasteiger partial charge in [-0.15, -0.1) is 0 Å². The van der Waals surface area contributed by atoms with Gasteiger partial charge in [-0.1, -0.05) is 62.4 Å². The van der Waals surface area contributed by atoms with E-state index in [4.69, 9.17) is 0 Å². The van der Waals surface area contributed by atoms with Gasteiger partial charge in [0.1, 0.15) is 0 Å². The van der Waals surface area contributed by atoms with E-state index in [0.717, 1.165) is 37.2 Å². The summed E-state index contributed by atoms with van der Waals surface area (Å²) in [6.07, 6.45) is 2.68. The van der Waals surface area contributed by atoms with Gasteiger partial charge in [0.25, 0.3) is 5.91 Å². The molecule has 0 fully saturated rings. The first-order valence-electron chi connectivity index (χ1n) is 10.4. The number of amides is 2. The Bertz CT molecular complexity index is 859. The van der Waals surface area contributed by atoms with Crippen LogP contribution in [0.1, 0.15) is 47.7 Å². The molecule has 1 unspecified atom stereocenters. The van der Waals surface area contributed by atoms with Gasteiger partial charge in [0.2, 0.25) is 5.91 Å². The Morgan fingerprint density at radius 3 is 2.41 bits per heavy atom. The molecule has 0 N–H and O–H groups in total. The molecule has 0 radical (unpaired) electrons. The van der Waals surface area contributed by atoms with Crippen molar-refractivity contribution < 1.29 is 9.59 Å². The lowest BCUT2D eigenvalue weighted by Crippen LogP contribution is -2.44. The zero-order valence-corrected chi connectivity index (χ0v) is 17.3. The van der Waals surface area contributed by atoms with Gasteiger partial charge in [-0.2, -0.15) is 0 Å². The maximum Gasteiger partial charge on any atom is 0.261 e. The molecule has 1 aliphatic rings. The first kappa shape index (κ1) is 20.9. The molecule has 152 valence electrons. The number of hydrogen-bond donors (Lipinski definition) is 0. The Hall–Kier alpha value is -2.79. The molecule has 0 aliphatic carbocycles. The summed E-state index contributed by atoms with van der Waals surface area (Å²) in [4.78, 5) is 34.4. The third-order valence-corrected chi connectivity index (χ3v) is 5.40. The van der Waals surface area contributed by atoms with E-state index in [2.05, 4.69) is 23.7 Å². The molecule has 0 spiro atoms. The number of carbonyl (C=O) groups is 2. The third kappa shape index (κ3) is 4.98. The highest BCUT2D eigenvalue weighted by molar-refractivity contribution is 6.16. The summed E-state index contributed by atoms with van der Waals surface area (Å²) in [5.41, 5.74) is 2.27. The topological polar surface area (TPSA) is 53.0 Å². The van der Waals surface area contributed by atoms with E-state index in [-0.39, 0.29) is 18.4 Å². The largest absolute Gasteiger partial charge is 0.304 e. The normalized spacial score (nSPS) is 16.7. The fourth-order valence-corrected chi connectivity index (χ4v) is 3.67. The number of nitrogens with zero attached hydrogens (tertiary/aromatic N) is 3. The van der Waals surface area contributed by atoms with Gasteiger partial charge in [0.05, 0.1) is 12.5 Å². The van der Waals surface area contributed by atoms with Gasteiger partial charge >= 0.3 is 0 Å². The summed E-state index contributed by atoms with van der Waals surface area (Å²) in [6.45, 7) is 8.33. The molecule has 2 amide bonds. The van der Waals surface area contributed by atoms with Crippen LogP contribution in [-0.4, -0.2) is 54.0 Å². The van der Waals surface area contributed by atoms with Crippen LogP contribution in [0.15, 0.2) is 59.6 Å². The number of benzene rings is 2. The van der Waals surface area contributed by atoms with Crippen LogP contribution in [0.3, 0.4) is 0 Å². The Balaban J connectivity index is 1.76. The number of carbonyl (C=O) groups excluding carboxylic acids is 2. The second-order valence-corrected chi connectivity index (χ2v) is 7.22. The first-order valence-corrected chi connectivity index (χ1v) is 10.4. The van der Waals surface area contributed by atoms with Crippen molar-refractivity contribution in [2.75, 3.05) is 26.2 Å². The second-order valence-electron chi connectivity index (χ2n) is 7.22. The highest BCUT2D eigenvalue weighted by atomic mass is 16.2. The number of imide groups is 1. The van der Waals surface area contributed by atoms with Crippen molar-refractivity contribution in [1.82, 2.24) is 9.80 Å². The number of rotatable bonds is 9. The van der Waals surface area contributed by atoms with E-state index < -0.39 is 5.92 Å². The fraction of sp³-hybridized carbons (Fsp3) is 0.375. The maximum atomic E-state index is 13.2.